The summed E-state index contributed by atoms with van der Waals surface area (Å²) in [6.07, 6.45) is 1.68. The summed E-state index contributed by atoms with van der Waals surface area (Å²) in [5.41, 5.74) is 5.27. The van der Waals surface area contributed by atoms with E-state index in [2.05, 4.69) is 26.6 Å². The van der Waals surface area contributed by atoms with Crippen LogP contribution >= 0.6 is 11.8 Å². The van der Waals surface area contributed by atoms with Crippen LogP contribution in [0.4, 0.5) is 0 Å². The molecule has 57 heavy (non-hydrogen) atoms. The minimum absolute atomic E-state index is 0.00872. The van der Waals surface area contributed by atoms with Crippen molar-refractivity contribution < 1.29 is 43.1 Å². The Bertz CT molecular complexity index is 2480. The minimum atomic E-state index is -1.62. The molecule has 7 atom stereocenters. The number of rotatable bonds is 4. The molecular formula is C42H43N5O9S. The summed E-state index contributed by atoms with van der Waals surface area (Å²) in [6, 6.07) is 7.50. The van der Waals surface area contributed by atoms with Crippen molar-refractivity contribution in [2.24, 2.45) is 0 Å². The third-order valence-electron chi connectivity index (χ3n) is 12.9. The van der Waals surface area contributed by atoms with Crippen LogP contribution < -0.4 is 34.3 Å². The molecule has 15 heteroatoms. The topological polar surface area (TPSA) is 177 Å². The van der Waals surface area contributed by atoms with Crippen LogP contribution in [0.15, 0.2) is 24.3 Å². The summed E-state index contributed by atoms with van der Waals surface area (Å²) in [6.45, 7) is 7.53. The van der Waals surface area contributed by atoms with E-state index >= 15 is 4.79 Å². The highest BCUT2D eigenvalue weighted by Crippen LogP contribution is 2.67. The first-order valence-electron chi connectivity index (χ1n) is 19.3. The lowest BCUT2D eigenvalue weighted by Crippen LogP contribution is -2.74. The van der Waals surface area contributed by atoms with E-state index in [4.69, 9.17) is 28.4 Å². The maximum Gasteiger partial charge on any atom is 0.335 e. The van der Waals surface area contributed by atoms with Gasteiger partial charge in [0.1, 0.15) is 17.5 Å². The van der Waals surface area contributed by atoms with E-state index in [9.17, 15) is 15.2 Å². The van der Waals surface area contributed by atoms with E-state index in [1.54, 1.807) is 14.0 Å². The molecule has 6 aliphatic rings. The number of hydrogen-bond donors (Lipinski definition) is 4. The number of thioether (sulfide) groups is 1. The predicted molar refractivity (Wildman–Crippen MR) is 208 cm³/mol. The number of nitriles is 1. The smallest absolute Gasteiger partial charge is 0.335 e. The Hall–Kier alpha value is -5.14. The summed E-state index contributed by atoms with van der Waals surface area (Å²) in [7, 11) is 3.16. The van der Waals surface area contributed by atoms with E-state index < -0.39 is 46.6 Å². The number of aromatic nitrogens is 1. The van der Waals surface area contributed by atoms with Gasteiger partial charge in [0, 0.05) is 58.9 Å². The van der Waals surface area contributed by atoms with E-state index in [0.717, 1.165) is 33.3 Å². The summed E-state index contributed by atoms with van der Waals surface area (Å²) in [5, 5.41) is 31.5. The van der Waals surface area contributed by atoms with Gasteiger partial charge in [0.2, 0.25) is 11.7 Å². The van der Waals surface area contributed by atoms with Crippen molar-refractivity contribution >= 4 is 34.6 Å². The lowest BCUT2D eigenvalue weighted by Gasteiger charge is -2.63. The van der Waals surface area contributed by atoms with Crippen LogP contribution in [0.3, 0.4) is 0 Å². The molecule has 0 amide bonds. The number of carbonyl (C=O) groups excluding carboxylic acids is 2. The minimum Gasteiger partial charge on any atom is -0.504 e. The van der Waals surface area contributed by atoms with Crippen molar-refractivity contribution in [3.8, 4) is 40.6 Å². The summed E-state index contributed by atoms with van der Waals surface area (Å²) in [5.74, 6) is 1.32. The second-order valence-corrected chi connectivity index (χ2v) is 16.9. The number of aromatic hydroxyl groups is 1. The monoisotopic (exact) mass is 793 g/mol. The van der Waals surface area contributed by atoms with Gasteiger partial charge < -0.3 is 43.8 Å². The highest BCUT2D eigenvalue weighted by Gasteiger charge is 2.69. The molecule has 6 aliphatic heterocycles. The molecule has 0 saturated carbocycles. The Balaban J connectivity index is 1.25. The van der Waals surface area contributed by atoms with E-state index in [1.807, 2.05) is 38.1 Å². The number of fused-ring (bicyclic) bond motifs is 15. The lowest BCUT2D eigenvalue weighted by molar-refractivity contribution is -0.177. The average molecular weight is 794 g/mol. The second kappa shape index (κ2) is 12.7. The first-order valence-corrected chi connectivity index (χ1v) is 20.3. The van der Waals surface area contributed by atoms with Crippen molar-refractivity contribution in [1.82, 2.24) is 20.5 Å². The van der Waals surface area contributed by atoms with Gasteiger partial charge in [-0.2, -0.15) is 5.26 Å². The molecule has 2 fully saturated rings. The molecule has 0 radical (unpaired) electrons. The van der Waals surface area contributed by atoms with Gasteiger partial charge in [-0.25, -0.2) is 4.79 Å². The van der Waals surface area contributed by atoms with E-state index in [0.29, 0.717) is 71.1 Å². The van der Waals surface area contributed by atoms with E-state index in [-0.39, 0.29) is 30.1 Å². The van der Waals surface area contributed by atoms with Gasteiger partial charge >= 0.3 is 11.9 Å². The number of piperazine rings is 1. The largest absolute Gasteiger partial charge is 0.504 e. The number of aromatic amines is 1. The molecule has 296 valence electrons. The van der Waals surface area contributed by atoms with Gasteiger partial charge in [-0.15, -0.1) is 11.8 Å². The Kier molecular flexibility index (Phi) is 8.06. The maximum atomic E-state index is 15.5. The Morgan fingerprint density at radius 1 is 1.14 bits per heavy atom. The highest BCUT2D eigenvalue weighted by atomic mass is 32.2. The molecule has 0 aliphatic carbocycles. The fraction of sp³-hybridized carbons (Fsp3) is 0.452. The molecule has 10 rings (SSSR count). The number of H-pyrrole nitrogens is 1. The van der Waals surface area contributed by atoms with E-state index in [1.165, 1.54) is 25.8 Å². The lowest BCUT2D eigenvalue weighted by atomic mass is 9.70. The predicted octanol–water partition coefficient (Wildman–Crippen LogP) is 4.94. The number of nitrogens with zero attached hydrogens (tertiary/aromatic N) is 2. The fourth-order valence-electron chi connectivity index (χ4n) is 10.7. The molecule has 2 spiro atoms. The number of hydrogen-bond acceptors (Lipinski definition) is 14. The second-order valence-electron chi connectivity index (χ2n) is 15.7. The van der Waals surface area contributed by atoms with Crippen molar-refractivity contribution in [2.75, 3.05) is 33.3 Å². The highest BCUT2D eigenvalue weighted by molar-refractivity contribution is 8.00. The number of carbonyl (C=O) groups is 2. The molecule has 2 saturated heterocycles. The third kappa shape index (κ3) is 4.69. The van der Waals surface area contributed by atoms with Crippen LogP contribution in [-0.2, 0) is 37.6 Å². The molecule has 0 unspecified atom stereocenters. The van der Waals surface area contributed by atoms with Gasteiger partial charge in [-0.05, 0) is 68.0 Å². The first-order chi connectivity index (χ1) is 27.5. The number of phenols is 1. The van der Waals surface area contributed by atoms with Crippen LogP contribution in [-0.4, -0.2) is 78.4 Å². The number of aryl methyl sites for hydroxylation is 1. The molecule has 14 nitrogen and oxygen atoms in total. The molecule has 7 heterocycles. The Labute approximate surface area is 333 Å². The first kappa shape index (κ1) is 36.2. The van der Waals surface area contributed by atoms with Crippen molar-refractivity contribution in [2.45, 2.75) is 87.6 Å². The maximum absolute atomic E-state index is 15.5. The Morgan fingerprint density at radius 2 is 1.95 bits per heavy atom. The van der Waals surface area contributed by atoms with Crippen molar-refractivity contribution in [1.29, 1.82) is 5.26 Å². The summed E-state index contributed by atoms with van der Waals surface area (Å²) in [4.78, 5) is 32.7. The van der Waals surface area contributed by atoms with Crippen LogP contribution in [0.25, 0.3) is 10.9 Å². The number of phenolic OH excluding ortho intramolecular Hbond substituents is 1. The number of benzene rings is 3. The summed E-state index contributed by atoms with van der Waals surface area (Å²) < 4.78 is 37.0. The molecule has 3 aromatic carbocycles. The molecule has 4 N–H and O–H groups in total. The normalized spacial score (nSPS) is 29.2. The zero-order chi connectivity index (χ0) is 39.7. The van der Waals surface area contributed by atoms with Gasteiger partial charge in [0.25, 0.3) is 0 Å². The van der Waals surface area contributed by atoms with Gasteiger partial charge in [0.05, 0.1) is 43.6 Å². The number of nitrogens with one attached hydrogen (secondary N) is 3. The molecule has 1 aromatic heterocycles. The molecule has 4 aromatic rings. The average Bonchev–Trinajstić information content (AvgIpc) is 3.84. The van der Waals surface area contributed by atoms with Crippen LogP contribution in [0, 0.1) is 25.2 Å². The SMILES string of the molecule is CC[C@H]1c2c3c(c(C)c(OC(C)=O)c2[C@]2(OC(=O)[C@]4(CS2)NCCc2c4[nH]c4ccc(OC)cc24)[C@H]2[C@@H]4N[C@H](Cc5cc(C)c(OC)c(O)c54)[C@H](C#N)N12)OCO3. The quantitative estimate of drug-likeness (QED) is 0.161. The van der Waals surface area contributed by atoms with Gasteiger partial charge in [-0.1, -0.05) is 13.0 Å². The fourth-order valence-corrected chi connectivity index (χ4v) is 12.4. The zero-order valence-electron chi connectivity index (χ0n) is 32.5. The van der Waals surface area contributed by atoms with Crippen molar-refractivity contribution in [3.63, 3.8) is 0 Å². The van der Waals surface area contributed by atoms with Crippen LogP contribution in [0.1, 0.15) is 77.0 Å². The number of esters is 2. The number of ether oxygens (including phenoxy) is 6. The van der Waals surface area contributed by atoms with Gasteiger partial charge in [-0.3, -0.25) is 15.0 Å². The van der Waals surface area contributed by atoms with Crippen LogP contribution in [0.5, 0.6) is 34.5 Å². The Morgan fingerprint density at radius 3 is 2.67 bits per heavy atom. The summed E-state index contributed by atoms with van der Waals surface area (Å²) >= 11 is 1.42. The van der Waals surface area contributed by atoms with Crippen LogP contribution in [0.2, 0.25) is 0 Å². The molecular weight excluding hydrogens is 751 g/mol. The standard InChI is InChI=1S/C42H43N5O9S/c1-7-27-30-31(35(55-20(4)48)19(3)36-37(30)54-17-53-36)42(39-32-29-21(12-18(2)34(52-6)33(29)49)13-26(45-32)28(15-43)47(27)39)56-40(50)41(16-57-42)38-23(10-11-44-41)24-14-22(51-5)8-9-25(24)46-38/h8-9,12,14,26-28,32,39,44-46,49H,7,10-11,13,16-17H2,1-6H3/t26-,27+,28+,32-,39-,41-,42-/m1/s1. The molecule has 2 bridgehead atoms. The van der Waals surface area contributed by atoms with Gasteiger partial charge in [0.15, 0.2) is 28.5 Å². The number of methoxy groups -OCH3 is 2. The zero-order valence-corrected chi connectivity index (χ0v) is 33.3. The third-order valence-corrected chi connectivity index (χ3v) is 14.5. The van der Waals surface area contributed by atoms with Crippen molar-refractivity contribution in [3.05, 3.63) is 68.9 Å².